The number of hydrogen-bond acceptors (Lipinski definition) is 5. The average molecular weight is 357 g/mol. The number of fused-ring (bicyclic) bond motifs is 1. The summed E-state index contributed by atoms with van der Waals surface area (Å²) >= 11 is 5.83. The van der Waals surface area contributed by atoms with Crippen LogP contribution >= 0.6 is 11.6 Å². The molecule has 0 spiro atoms. The van der Waals surface area contributed by atoms with Crippen LogP contribution in [0.4, 0.5) is 0 Å². The van der Waals surface area contributed by atoms with Gasteiger partial charge in [0.1, 0.15) is 18.1 Å². The normalized spacial score (nSPS) is 12.2. The summed E-state index contributed by atoms with van der Waals surface area (Å²) in [6, 6.07) is 15.3. The first-order valence-corrected chi connectivity index (χ1v) is 7.98. The minimum absolute atomic E-state index is 0.202. The van der Waals surface area contributed by atoms with Gasteiger partial charge in [0.05, 0.1) is 0 Å². The Kier molecular flexibility index (Phi) is 4.07. The van der Waals surface area contributed by atoms with Gasteiger partial charge in [0, 0.05) is 16.7 Å². The van der Waals surface area contributed by atoms with Gasteiger partial charge < -0.3 is 18.6 Å². The van der Waals surface area contributed by atoms with E-state index >= 15 is 0 Å². The zero-order valence-corrected chi connectivity index (χ0v) is 13.8. The van der Waals surface area contributed by atoms with E-state index in [2.05, 4.69) is 0 Å². The number of ether oxygens (including phenoxy) is 3. The molecular weight excluding hydrogens is 344 g/mol. The molecule has 0 radical (unpaired) electrons. The molecule has 126 valence electrons. The van der Waals surface area contributed by atoms with E-state index in [1.807, 2.05) is 0 Å². The first kappa shape index (κ1) is 15.6. The molecule has 1 aromatic heterocycles. The molecule has 5 nitrogen and oxygen atoms in total. The maximum absolute atomic E-state index is 12.4. The number of furan rings is 1. The lowest BCUT2D eigenvalue weighted by atomic mass is 10.1. The Morgan fingerprint density at radius 3 is 2.64 bits per heavy atom. The van der Waals surface area contributed by atoms with Crippen molar-refractivity contribution in [1.82, 2.24) is 0 Å². The summed E-state index contributed by atoms with van der Waals surface area (Å²) in [6.45, 7) is 0.417. The summed E-state index contributed by atoms with van der Waals surface area (Å²) in [4.78, 5) is 12.4. The predicted molar refractivity (Wildman–Crippen MR) is 90.5 cm³/mol. The smallest absolute Gasteiger partial charge is 0.231 e. The second-order valence-electron chi connectivity index (χ2n) is 5.41. The van der Waals surface area contributed by atoms with Crippen LogP contribution in [0.25, 0.3) is 0 Å². The van der Waals surface area contributed by atoms with Crippen molar-refractivity contribution in [2.24, 2.45) is 0 Å². The van der Waals surface area contributed by atoms with E-state index in [0.29, 0.717) is 33.6 Å². The second-order valence-corrected chi connectivity index (χ2v) is 5.84. The SMILES string of the molecule is O=C(c1ccc(Cl)cc1)c1ccc(COc2ccc3c(c2)OCO3)o1. The van der Waals surface area contributed by atoms with Crippen LogP contribution in [-0.4, -0.2) is 12.6 Å². The predicted octanol–water partition coefficient (Wildman–Crippen LogP) is 4.47. The van der Waals surface area contributed by atoms with Gasteiger partial charge in [0.25, 0.3) is 0 Å². The van der Waals surface area contributed by atoms with Gasteiger partial charge in [-0.25, -0.2) is 0 Å². The van der Waals surface area contributed by atoms with Crippen LogP contribution < -0.4 is 14.2 Å². The van der Waals surface area contributed by atoms with Crippen molar-refractivity contribution in [2.75, 3.05) is 6.79 Å². The number of ketones is 1. The highest BCUT2D eigenvalue weighted by molar-refractivity contribution is 6.30. The maximum atomic E-state index is 12.4. The summed E-state index contributed by atoms with van der Waals surface area (Å²) in [6.07, 6.45) is 0. The molecule has 0 N–H and O–H groups in total. The summed E-state index contributed by atoms with van der Waals surface area (Å²) in [5.41, 5.74) is 0.516. The molecule has 2 aromatic carbocycles. The summed E-state index contributed by atoms with van der Waals surface area (Å²) in [5.74, 6) is 2.58. The minimum atomic E-state index is -0.203. The second kappa shape index (κ2) is 6.53. The topological polar surface area (TPSA) is 57.9 Å². The lowest BCUT2D eigenvalue weighted by Crippen LogP contribution is -1.99. The molecule has 0 amide bonds. The standard InChI is InChI=1S/C19H13ClO5/c20-13-3-1-12(2-4-13)19(21)17-8-6-15(25-17)10-22-14-5-7-16-18(9-14)24-11-23-16/h1-9H,10-11H2. The number of rotatable bonds is 5. The van der Waals surface area contributed by atoms with Gasteiger partial charge >= 0.3 is 0 Å². The zero-order chi connectivity index (χ0) is 17.2. The van der Waals surface area contributed by atoms with Gasteiger partial charge in [-0.15, -0.1) is 0 Å². The molecular formula is C19H13ClO5. The van der Waals surface area contributed by atoms with E-state index in [0.717, 1.165) is 0 Å². The van der Waals surface area contributed by atoms with Crippen molar-refractivity contribution in [3.05, 3.63) is 76.7 Å². The van der Waals surface area contributed by atoms with Gasteiger partial charge in [-0.2, -0.15) is 0 Å². The fourth-order valence-electron chi connectivity index (χ4n) is 2.44. The maximum Gasteiger partial charge on any atom is 0.231 e. The van der Waals surface area contributed by atoms with Crippen molar-refractivity contribution < 1.29 is 23.4 Å². The van der Waals surface area contributed by atoms with Crippen molar-refractivity contribution in [2.45, 2.75) is 6.61 Å². The fourth-order valence-corrected chi connectivity index (χ4v) is 2.57. The quantitative estimate of drug-likeness (QED) is 0.631. The highest BCUT2D eigenvalue weighted by Gasteiger charge is 2.16. The van der Waals surface area contributed by atoms with Crippen molar-refractivity contribution in [3.63, 3.8) is 0 Å². The fraction of sp³-hybridized carbons (Fsp3) is 0.105. The third kappa shape index (κ3) is 3.32. The lowest BCUT2D eigenvalue weighted by molar-refractivity contribution is 0.100. The molecule has 0 saturated heterocycles. The van der Waals surface area contributed by atoms with Gasteiger partial charge in [0.15, 0.2) is 17.3 Å². The summed E-state index contributed by atoms with van der Waals surface area (Å²) in [7, 11) is 0. The van der Waals surface area contributed by atoms with E-state index in [-0.39, 0.29) is 24.9 Å². The van der Waals surface area contributed by atoms with Gasteiger partial charge in [-0.3, -0.25) is 4.79 Å². The monoisotopic (exact) mass is 356 g/mol. The summed E-state index contributed by atoms with van der Waals surface area (Å²) in [5, 5.41) is 0.578. The third-order valence-corrected chi connectivity index (χ3v) is 3.97. The number of carbonyl (C=O) groups excluding carboxylic acids is 1. The molecule has 3 aromatic rings. The molecule has 0 unspecified atom stereocenters. The van der Waals surface area contributed by atoms with E-state index in [1.54, 1.807) is 54.6 Å². The van der Waals surface area contributed by atoms with E-state index in [4.69, 9.17) is 30.2 Å². The lowest BCUT2D eigenvalue weighted by Gasteiger charge is -2.05. The van der Waals surface area contributed by atoms with Gasteiger partial charge in [-0.1, -0.05) is 11.6 Å². The molecule has 1 aliphatic heterocycles. The molecule has 4 rings (SSSR count). The Balaban J connectivity index is 1.43. The van der Waals surface area contributed by atoms with E-state index in [9.17, 15) is 4.79 Å². The molecule has 25 heavy (non-hydrogen) atoms. The number of hydrogen-bond donors (Lipinski definition) is 0. The third-order valence-electron chi connectivity index (χ3n) is 3.72. The molecule has 2 heterocycles. The largest absolute Gasteiger partial charge is 0.486 e. The van der Waals surface area contributed by atoms with Crippen LogP contribution in [0.1, 0.15) is 21.9 Å². The van der Waals surface area contributed by atoms with Crippen molar-refractivity contribution >= 4 is 17.4 Å². The molecule has 1 aliphatic rings. The van der Waals surface area contributed by atoms with Crippen LogP contribution in [0.3, 0.4) is 0 Å². The van der Waals surface area contributed by atoms with Crippen molar-refractivity contribution in [1.29, 1.82) is 0 Å². The molecule has 6 heteroatoms. The van der Waals surface area contributed by atoms with Crippen LogP contribution in [0, 0.1) is 0 Å². The number of benzene rings is 2. The van der Waals surface area contributed by atoms with Crippen LogP contribution in [-0.2, 0) is 6.61 Å². The first-order valence-electron chi connectivity index (χ1n) is 7.60. The molecule has 0 aliphatic carbocycles. The molecule has 0 saturated carbocycles. The van der Waals surface area contributed by atoms with Gasteiger partial charge in [-0.05, 0) is 48.5 Å². The van der Waals surface area contributed by atoms with Crippen LogP contribution in [0.5, 0.6) is 17.2 Å². The van der Waals surface area contributed by atoms with E-state index < -0.39 is 0 Å². The Hall–Kier alpha value is -2.92. The Labute approximate surface area is 148 Å². The minimum Gasteiger partial charge on any atom is -0.486 e. The van der Waals surface area contributed by atoms with Gasteiger partial charge in [0.2, 0.25) is 12.6 Å². The van der Waals surface area contributed by atoms with Crippen LogP contribution in [0.15, 0.2) is 59.0 Å². The number of halogens is 1. The first-order chi connectivity index (χ1) is 12.2. The van der Waals surface area contributed by atoms with Crippen LogP contribution in [0.2, 0.25) is 5.02 Å². The van der Waals surface area contributed by atoms with E-state index in [1.165, 1.54) is 0 Å². The Bertz CT molecular complexity index is 914. The number of carbonyl (C=O) groups is 1. The molecule has 0 atom stereocenters. The zero-order valence-electron chi connectivity index (χ0n) is 13.0. The van der Waals surface area contributed by atoms with Crippen molar-refractivity contribution in [3.8, 4) is 17.2 Å². The highest BCUT2D eigenvalue weighted by atomic mass is 35.5. The Morgan fingerprint density at radius 2 is 1.80 bits per heavy atom. The molecule has 0 bridgehead atoms. The Morgan fingerprint density at radius 1 is 1.00 bits per heavy atom. The average Bonchev–Trinajstić information content (AvgIpc) is 3.29. The summed E-state index contributed by atoms with van der Waals surface area (Å²) < 4.78 is 21.8. The molecule has 0 fully saturated rings. The highest BCUT2D eigenvalue weighted by Crippen LogP contribution is 2.35.